The van der Waals surface area contributed by atoms with Crippen LogP contribution in [-0.4, -0.2) is 41.2 Å². The van der Waals surface area contributed by atoms with E-state index in [-0.39, 0.29) is 17.8 Å². The maximum atomic E-state index is 12.4. The molecule has 2 bridgehead atoms. The van der Waals surface area contributed by atoms with Crippen LogP contribution in [-0.2, 0) is 22.5 Å². The molecule has 2 aromatic carbocycles. The molecule has 0 amide bonds. The van der Waals surface area contributed by atoms with Gasteiger partial charge in [-0.1, -0.05) is 30.3 Å². The van der Waals surface area contributed by atoms with E-state index < -0.39 is 5.97 Å². The normalized spacial score (nSPS) is 20.9. The fourth-order valence-corrected chi connectivity index (χ4v) is 4.87. The molecule has 0 unspecified atom stereocenters. The van der Waals surface area contributed by atoms with Crippen molar-refractivity contribution in [2.75, 3.05) is 14.2 Å². The van der Waals surface area contributed by atoms with Crippen LogP contribution in [0.1, 0.15) is 29.3 Å². The van der Waals surface area contributed by atoms with Crippen LogP contribution < -0.4 is 4.74 Å². The van der Waals surface area contributed by atoms with E-state index in [0.717, 1.165) is 22.3 Å². The van der Waals surface area contributed by atoms with Gasteiger partial charge in [0.2, 0.25) is 0 Å². The smallest absolute Gasteiger partial charge is 0.337 e. The van der Waals surface area contributed by atoms with Crippen LogP contribution >= 0.6 is 0 Å². The van der Waals surface area contributed by atoms with Gasteiger partial charge >= 0.3 is 5.97 Å². The molecule has 2 aliphatic heterocycles. The van der Waals surface area contributed by atoms with Gasteiger partial charge in [0.15, 0.2) is 0 Å². The third-order valence-corrected chi connectivity index (χ3v) is 6.34. The van der Waals surface area contributed by atoms with Crippen molar-refractivity contribution in [2.24, 2.45) is 0 Å². The number of aromatic nitrogens is 1. The number of methoxy groups -OCH3 is 2. The van der Waals surface area contributed by atoms with Crippen LogP contribution in [0, 0.1) is 0 Å². The number of nitrogens with zero attached hydrogens (tertiary/aromatic N) is 1. The first-order valence-electron chi connectivity index (χ1n) is 10.1. The van der Waals surface area contributed by atoms with Crippen LogP contribution in [0.5, 0.6) is 5.75 Å². The van der Waals surface area contributed by atoms with Crippen molar-refractivity contribution < 1.29 is 19.4 Å². The predicted molar refractivity (Wildman–Crippen MR) is 113 cm³/mol. The summed E-state index contributed by atoms with van der Waals surface area (Å²) in [6, 6.07) is 15.9. The lowest BCUT2D eigenvalue weighted by molar-refractivity contribution is -0.137. The zero-order valence-corrected chi connectivity index (χ0v) is 17.0. The topological polar surface area (TPSA) is 74.8 Å². The third kappa shape index (κ3) is 2.87. The zero-order chi connectivity index (χ0) is 20.8. The standard InChI is InChI=1S/C24H24N2O4/c1-29-15-8-9-19-16(10-15)17-11-21-23(27)18(24(28)30-2)12-20(22(17)25-19)26(21)13-14-6-4-3-5-7-14/h3-10,20-21,25,27H,11-13H2,1-2H3/t20-,21-/m0/s1. The van der Waals surface area contributed by atoms with E-state index in [2.05, 4.69) is 22.0 Å². The third-order valence-electron chi connectivity index (χ3n) is 6.34. The maximum Gasteiger partial charge on any atom is 0.337 e. The van der Waals surface area contributed by atoms with Crippen LogP contribution in [0.4, 0.5) is 0 Å². The van der Waals surface area contributed by atoms with Crippen LogP contribution in [0.3, 0.4) is 0 Å². The van der Waals surface area contributed by atoms with Gasteiger partial charge in [-0.15, -0.1) is 0 Å². The molecule has 0 saturated carbocycles. The number of rotatable bonds is 4. The summed E-state index contributed by atoms with van der Waals surface area (Å²) < 4.78 is 10.4. The summed E-state index contributed by atoms with van der Waals surface area (Å²) in [5.41, 5.74) is 4.85. The summed E-state index contributed by atoms with van der Waals surface area (Å²) in [5, 5.41) is 12.2. The molecular weight excluding hydrogens is 380 g/mol. The summed E-state index contributed by atoms with van der Waals surface area (Å²) in [7, 11) is 3.02. The lowest BCUT2D eigenvalue weighted by Gasteiger charge is -2.45. The number of hydrogen-bond donors (Lipinski definition) is 2. The Balaban J connectivity index is 1.64. The number of esters is 1. The average molecular weight is 404 g/mol. The fourth-order valence-electron chi connectivity index (χ4n) is 4.87. The van der Waals surface area contributed by atoms with E-state index in [0.29, 0.717) is 25.0 Å². The number of aliphatic hydroxyl groups excluding tert-OH is 1. The molecule has 3 heterocycles. The number of aromatic amines is 1. The highest BCUT2D eigenvalue weighted by molar-refractivity contribution is 5.91. The molecule has 6 heteroatoms. The number of aliphatic hydroxyl groups is 1. The first-order chi connectivity index (χ1) is 14.6. The number of nitrogens with one attached hydrogen (secondary N) is 1. The Morgan fingerprint density at radius 2 is 1.93 bits per heavy atom. The molecule has 154 valence electrons. The summed E-state index contributed by atoms with van der Waals surface area (Å²) in [6.07, 6.45) is 1.01. The number of carbonyl (C=O) groups excluding carboxylic acids is 1. The first kappa shape index (κ1) is 18.8. The van der Waals surface area contributed by atoms with Crippen molar-refractivity contribution in [3.63, 3.8) is 0 Å². The van der Waals surface area contributed by atoms with E-state index in [1.165, 1.54) is 18.2 Å². The zero-order valence-electron chi connectivity index (χ0n) is 17.0. The van der Waals surface area contributed by atoms with Crippen LogP contribution in [0.15, 0.2) is 59.9 Å². The van der Waals surface area contributed by atoms with Crippen molar-refractivity contribution in [2.45, 2.75) is 31.5 Å². The van der Waals surface area contributed by atoms with Crippen molar-refractivity contribution in [3.8, 4) is 5.75 Å². The molecule has 30 heavy (non-hydrogen) atoms. The predicted octanol–water partition coefficient (Wildman–Crippen LogP) is 4.03. The molecule has 0 fully saturated rings. The van der Waals surface area contributed by atoms with Gasteiger partial charge in [-0.25, -0.2) is 4.79 Å². The number of H-pyrrole nitrogens is 1. The highest BCUT2D eigenvalue weighted by Crippen LogP contribution is 2.46. The van der Waals surface area contributed by atoms with E-state index >= 15 is 0 Å². The van der Waals surface area contributed by atoms with Gasteiger partial charge in [-0.3, -0.25) is 4.90 Å². The van der Waals surface area contributed by atoms with Gasteiger partial charge in [0.25, 0.3) is 0 Å². The molecule has 5 rings (SSSR count). The SMILES string of the molecule is COC(=O)C1=C(O)[C@@H]2Cc3c([nH]c4ccc(OC)cc34)[C@H](C1)N2Cc1ccccc1. The van der Waals surface area contributed by atoms with Crippen molar-refractivity contribution in [1.29, 1.82) is 0 Å². The van der Waals surface area contributed by atoms with Gasteiger partial charge in [-0.2, -0.15) is 0 Å². The number of carbonyl (C=O) groups is 1. The van der Waals surface area contributed by atoms with Gasteiger partial charge < -0.3 is 19.6 Å². The lowest BCUT2D eigenvalue weighted by Crippen LogP contribution is -2.48. The molecule has 2 aliphatic rings. The van der Waals surface area contributed by atoms with Gasteiger partial charge in [0.05, 0.1) is 31.9 Å². The minimum absolute atomic E-state index is 0.0534. The molecule has 3 aromatic rings. The van der Waals surface area contributed by atoms with Gasteiger partial charge in [0.1, 0.15) is 11.5 Å². The van der Waals surface area contributed by atoms with Crippen molar-refractivity contribution in [1.82, 2.24) is 9.88 Å². The van der Waals surface area contributed by atoms with E-state index in [4.69, 9.17) is 9.47 Å². The molecule has 2 N–H and O–H groups in total. The summed E-state index contributed by atoms with van der Waals surface area (Å²) >= 11 is 0. The largest absolute Gasteiger partial charge is 0.510 e. The quantitative estimate of drug-likeness (QED) is 0.642. The second-order valence-corrected chi connectivity index (χ2v) is 7.88. The Bertz CT molecular complexity index is 1150. The summed E-state index contributed by atoms with van der Waals surface area (Å²) in [4.78, 5) is 18.2. The van der Waals surface area contributed by atoms with E-state index in [1.807, 2.05) is 36.4 Å². The van der Waals surface area contributed by atoms with Crippen molar-refractivity contribution >= 4 is 16.9 Å². The lowest BCUT2D eigenvalue weighted by atomic mass is 9.81. The van der Waals surface area contributed by atoms with Crippen LogP contribution in [0.25, 0.3) is 10.9 Å². The average Bonchev–Trinajstić information content (AvgIpc) is 3.14. The highest BCUT2D eigenvalue weighted by atomic mass is 16.5. The van der Waals surface area contributed by atoms with E-state index in [1.54, 1.807) is 7.11 Å². The number of fused-ring (bicyclic) bond motifs is 6. The molecular formula is C24H24N2O4. The Morgan fingerprint density at radius 1 is 1.13 bits per heavy atom. The molecule has 0 spiro atoms. The maximum absolute atomic E-state index is 12.4. The molecule has 2 atom stereocenters. The minimum Gasteiger partial charge on any atom is -0.510 e. The molecule has 0 radical (unpaired) electrons. The monoisotopic (exact) mass is 404 g/mol. The minimum atomic E-state index is -0.455. The summed E-state index contributed by atoms with van der Waals surface area (Å²) in [5.74, 6) is 0.469. The Hall–Kier alpha value is -3.25. The highest BCUT2D eigenvalue weighted by Gasteiger charge is 2.45. The first-order valence-corrected chi connectivity index (χ1v) is 10.1. The second-order valence-electron chi connectivity index (χ2n) is 7.88. The molecule has 0 saturated heterocycles. The van der Waals surface area contributed by atoms with Gasteiger partial charge in [0, 0.05) is 29.6 Å². The van der Waals surface area contributed by atoms with Gasteiger partial charge in [-0.05, 0) is 35.7 Å². The number of ether oxygens (including phenoxy) is 2. The molecule has 6 nitrogen and oxygen atoms in total. The Kier molecular flexibility index (Phi) is 4.51. The number of hydrogen-bond acceptors (Lipinski definition) is 5. The van der Waals surface area contributed by atoms with Crippen molar-refractivity contribution in [3.05, 3.63) is 76.7 Å². The number of benzene rings is 2. The Labute approximate surface area is 174 Å². The molecule has 1 aromatic heterocycles. The fraction of sp³-hybridized carbons (Fsp3) is 0.292. The summed E-state index contributed by atoms with van der Waals surface area (Å²) in [6.45, 7) is 0.687. The second kappa shape index (κ2) is 7.22. The van der Waals surface area contributed by atoms with E-state index in [9.17, 15) is 9.90 Å². The van der Waals surface area contributed by atoms with Crippen LogP contribution in [0.2, 0.25) is 0 Å². The Morgan fingerprint density at radius 3 is 2.67 bits per heavy atom. The molecule has 0 aliphatic carbocycles.